The summed E-state index contributed by atoms with van der Waals surface area (Å²) < 4.78 is 8.55. The van der Waals surface area contributed by atoms with Gasteiger partial charge in [0.2, 0.25) is 11.8 Å². The highest BCUT2D eigenvalue weighted by molar-refractivity contribution is 6.06. The van der Waals surface area contributed by atoms with Crippen molar-refractivity contribution in [2.75, 3.05) is 5.32 Å². The van der Waals surface area contributed by atoms with Gasteiger partial charge in [-0.1, -0.05) is 49.7 Å². The Kier molecular flexibility index (Phi) is 5.70. The zero-order valence-electron chi connectivity index (χ0n) is 21.0. The molecular weight excluding hydrogens is 456 g/mol. The fourth-order valence-corrected chi connectivity index (χ4v) is 4.23. The minimum absolute atomic E-state index is 0.0351. The number of fused-ring (bicyclic) bond motifs is 3. The highest BCUT2D eigenvalue weighted by Gasteiger charge is 2.23. The van der Waals surface area contributed by atoms with E-state index in [-0.39, 0.29) is 30.0 Å². The van der Waals surface area contributed by atoms with Crippen molar-refractivity contribution in [2.45, 2.75) is 53.1 Å². The van der Waals surface area contributed by atoms with Gasteiger partial charge in [0, 0.05) is 16.5 Å². The Bertz CT molecular complexity index is 1670. The molecule has 3 heterocycles. The molecule has 0 radical (unpaired) electrons. The number of anilines is 1. The summed E-state index contributed by atoms with van der Waals surface area (Å²) in [6, 6.07) is 13.5. The number of aromatic nitrogens is 5. The summed E-state index contributed by atoms with van der Waals surface area (Å²) in [6.07, 6.45) is 1.49. The monoisotopic (exact) mass is 484 g/mol. The Balaban J connectivity index is 1.57. The average Bonchev–Trinajstić information content (AvgIpc) is 3.39. The van der Waals surface area contributed by atoms with Crippen LogP contribution in [0.5, 0.6) is 0 Å². The van der Waals surface area contributed by atoms with E-state index in [1.807, 2.05) is 77.1 Å². The summed E-state index contributed by atoms with van der Waals surface area (Å²) in [7, 11) is 0. The average molecular weight is 485 g/mol. The quantitative estimate of drug-likeness (QED) is 0.398. The van der Waals surface area contributed by atoms with Crippen molar-refractivity contribution in [2.24, 2.45) is 0 Å². The summed E-state index contributed by atoms with van der Waals surface area (Å²) in [5, 5.41) is 7.80. The van der Waals surface area contributed by atoms with Crippen LogP contribution in [0.2, 0.25) is 0 Å². The molecule has 0 atom stereocenters. The van der Waals surface area contributed by atoms with E-state index < -0.39 is 0 Å². The lowest BCUT2D eigenvalue weighted by Crippen LogP contribution is -2.25. The number of hydrogen-bond acceptors (Lipinski definition) is 6. The van der Waals surface area contributed by atoms with E-state index in [0.29, 0.717) is 28.4 Å². The molecule has 0 fully saturated rings. The van der Waals surface area contributed by atoms with Crippen LogP contribution >= 0.6 is 0 Å². The predicted molar refractivity (Wildman–Crippen MR) is 138 cm³/mol. The Labute approximate surface area is 207 Å². The van der Waals surface area contributed by atoms with Crippen molar-refractivity contribution in [1.82, 2.24) is 24.3 Å². The van der Waals surface area contributed by atoms with Gasteiger partial charge in [0.15, 0.2) is 5.82 Å². The third-order valence-electron chi connectivity index (χ3n) is 6.03. The summed E-state index contributed by atoms with van der Waals surface area (Å²) in [6.45, 7) is 9.97. The number of rotatable bonds is 5. The van der Waals surface area contributed by atoms with Gasteiger partial charge >= 0.3 is 0 Å². The van der Waals surface area contributed by atoms with E-state index in [1.54, 1.807) is 4.57 Å². The van der Waals surface area contributed by atoms with Gasteiger partial charge in [0.1, 0.15) is 24.1 Å². The molecule has 0 saturated heterocycles. The highest BCUT2D eigenvalue weighted by Crippen LogP contribution is 2.27. The van der Waals surface area contributed by atoms with Crippen molar-refractivity contribution < 1.29 is 9.32 Å². The molecule has 5 aromatic rings. The molecule has 3 aromatic heterocycles. The van der Waals surface area contributed by atoms with Gasteiger partial charge in [-0.15, -0.1) is 0 Å². The Morgan fingerprint density at radius 3 is 2.58 bits per heavy atom. The van der Waals surface area contributed by atoms with Gasteiger partial charge in [-0.3, -0.25) is 14.2 Å². The number of carbonyl (C=O) groups is 1. The first kappa shape index (κ1) is 23.5. The molecule has 1 amide bonds. The standard InChI is InChI=1S/C27H28N6O3/c1-16-7-6-8-18(11-16)29-21(34)13-33-20-10-9-17(2)12-19(20)23-24(33)25(35)32(15-28-23)14-22-30-26(31-36-22)27(3,4)5/h6-12,15H,13-14H2,1-5H3,(H,29,34). The molecule has 0 spiro atoms. The van der Waals surface area contributed by atoms with Crippen LogP contribution in [-0.2, 0) is 23.3 Å². The number of aryl methyl sites for hydroxylation is 2. The van der Waals surface area contributed by atoms with Crippen molar-refractivity contribution >= 4 is 33.5 Å². The Morgan fingerprint density at radius 1 is 1.08 bits per heavy atom. The van der Waals surface area contributed by atoms with E-state index in [0.717, 1.165) is 22.0 Å². The lowest BCUT2D eigenvalue weighted by molar-refractivity contribution is -0.116. The first-order chi connectivity index (χ1) is 17.1. The zero-order valence-corrected chi connectivity index (χ0v) is 21.0. The van der Waals surface area contributed by atoms with Crippen molar-refractivity contribution in [3.63, 3.8) is 0 Å². The van der Waals surface area contributed by atoms with Gasteiger partial charge < -0.3 is 14.4 Å². The molecule has 9 nitrogen and oxygen atoms in total. The second kappa shape index (κ2) is 8.75. The van der Waals surface area contributed by atoms with E-state index in [9.17, 15) is 9.59 Å². The topological polar surface area (TPSA) is 108 Å². The van der Waals surface area contributed by atoms with Crippen molar-refractivity contribution in [3.8, 4) is 0 Å². The Morgan fingerprint density at radius 2 is 1.86 bits per heavy atom. The third-order valence-corrected chi connectivity index (χ3v) is 6.03. The summed E-state index contributed by atoms with van der Waals surface area (Å²) >= 11 is 0. The second-order valence-corrected chi connectivity index (χ2v) is 10.2. The maximum Gasteiger partial charge on any atom is 0.278 e. The predicted octanol–water partition coefficient (Wildman–Crippen LogP) is 4.34. The molecule has 5 rings (SSSR count). The zero-order chi connectivity index (χ0) is 25.6. The van der Waals surface area contributed by atoms with Crippen LogP contribution in [0.15, 0.2) is 58.1 Å². The van der Waals surface area contributed by atoms with E-state index in [2.05, 4.69) is 20.4 Å². The van der Waals surface area contributed by atoms with Crippen molar-refractivity contribution in [3.05, 3.63) is 82.0 Å². The minimum atomic E-state index is -0.285. The summed E-state index contributed by atoms with van der Waals surface area (Å²) in [4.78, 5) is 35.8. The van der Waals surface area contributed by atoms with Gasteiger partial charge in [0.25, 0.3) is 5.56 Å². The van der Waals surface area contributed by atoms with E-state index >= 15 is 0 Å². The van der Waals surface area contributed by atoms with E-state index in [1.165, 1.54) is 10.9 Å². The molecule has 184 valence electrons. The summed E-state index contributed by atoms with van der Waals surface area (Å²) in [5.74, 6) is 0.650. The molecule has 0 aliphatic rings. The minimum Gasteiger partial charge on any atom is -0.337 e. The van der Waals surface area contributed by atoms with Crippen LogP contribution < -0.4 is 10.9 Å². The van der Waals surface area contributed by atoms with Crippen LogP contribution in [0.25, 0.3) is 21.9 Å². The van der Waals surface area contributed by atoms with Gasteiger partial charge in [-0.2, -0.15) is 4.98 Å². The number of amides is 1. The SMILES string of the molecule is Cc1cccc(NC(=O)Cn2c3ccc(C)cc3c3ncn(Cc4nc(C(C)(C)C)no4)c(=O)c32)c1. The molecule has 0 saturated carbocycles. The molecule has 2 aromatic carbocycles. The van der Waals surface area contributed by atoms with E-state index in [4.69, 9.17) is 4.52 Å². The third kappa shape index (κ3) is 4.39. The van der Waals surface area contributed by atoms with Crippen LogP contribution in [0, 0.1) is 13.8 Å². The largest absolute Gasteiger partial charge is 0.337 e. The maximum absolute atomic E-state index is 13.7. The molecule has 0 unspecified atom stereocenters. The fourth-order valence-electron chi connectivity index (χ4n) is 4.23. The van der Waals surface area contributed by atoms with Gasteiger partial charge in [-0.05, 0) is 43.7 Å². The van der Waals surface area contributed by atoms with Crippen LogP contribution in [0.1, 0.15) is 43.6 Å². The smallest absolute Gasteiger partial charge is 0.278 e. The van der Waals surface area contributed by atoms with Crippen LogP contribution in [0.4, 0.5) is 5.69 Å². The molecule has 36 heavy (non-hydrogen) atoms. The normalized spacial score (nSPS) is 11.9. The molecule has 0 aliphatic carbocycles. The number of nitrogens with one attached hydrogen (secondary N) is 1. The summed E-state index contributed by atoms with van der Waals surface area (Å²) in [5.41, 5.74) is 3.91. The molecular formula is C27H28N6O3. The van der Waals surface area contributed by atoms with Crippen molar-refractivity contribution in [1.29, 1.82) is 0 Å². The molecule has 0 bridgehead atoms. The molecule has 9 heteroatoms. The van der Waals surface area contributed by atoms with Crippen LogP contribution in [0.3, 0.4) is 0 Å². The fraction of sp³-hybridized carbons (Fsp3) is 0.296. The van der Waals surface area contributed by atoms with Gasteiger partial charge in [0.05, 0.1) is 11.8 Å². The Hall–Kier alpha value is -4.27. The molecule has 1 N–H and O–H groups in total. The number of carbonyl (C=O) groups excluding carboxylic acids is 1. The first-order valence-electron chi connectivity index (χ1n) is 11.8. The second-order valence-electron chi connectivity index (χ2n) is 10.2. The number of hydrogen-bond donors (Lipinski definition) is 1. The molecule has 0 aliphatic heterocycles. The lowest BCUT2D eigenvalue weighted by atomic mass is 9.96. The number of nitrogens with zero attached hydrogens (tertiary/aromatic N) is 5. The lowest BCUT2D eigenvalue weighted by Gasteiger charge is -2.11. The first-order valence-corrected chi connectivity index (χ1v) is 11.8. The van der Waals surface area contributed by atoms with Gasteiger partial charge in [-0.25, -0.2) is 4.98 Å². The highest BCUT2D eigenvalue weighted by atomic mass is 16.5. The number of benzene rings is 2. The van der Waals surface area contributed by atoms with Crippen LogP contribution in [-0.4, -0.2) is 30.2 Å². The maximum atomic E-state index is 13.7.